The highest BCUT2D eigenvalue weighted by Gasteiger charge is 2.41. The number of hydrogen-bond donors (Lipinski definition) is 1. The molecule has 0 aliphatic carbocycles. The van der Waals surface area contributed by atoms with Crippen LogP contribution in [-0.2, 0) is 0 Å². The van der Waals surface area contributed by atoms with Gasteiger partial charge in [0.25, 0.3) is 0 Å². The lowest BCUT2D eigenvalue weighted by molar-refractivity contribution is 0.109. The molecule has 2 N–H and O–H groups in total. The van der Waals surface area contributed by atoms with Crippen LogP contribution in [0.3, 0.4) is 0 Å². The van der Waals surface area contributed by atoms with Crippen LogP contribution < -0.4 is 5.73 Å². The van der Waals surface area contributed by atoms with E-state index in [9.17, 15) is 0 Å². The highest BCUT2D eigenvalue weighted by Crippen LogP contribution is 2.36. The van der Waals surface area contributed by atoms with Crippen LogP contribution in [0.25, 0.3) is 0 Å². The SMILES string of the molecule is C#CC(C)N1C2CCC1CC(N)C2. The Balaban J connectivity index is 2.11. The molecule has 0 aromatic heterocycles. The molecule has 2 aliphatic heterocycles. The summed E-state index contributed by atoms with van der Waals surface area (Å²) in [4.78, 5) is 2.50. The zero-order valence-corrected chi connectivity index (χ0v) is 8.24. The minimum Gasteiger partial charge on any atom is -0.328 e. The third-order valence-corrected chi connectivity index (χ3v) is 3.51. The van der Waals surface area contributed by atoms with Gasteiger partial charge in [0.05, 0.1) is 6.04 Å². The van der Waals surface area contributed by atoms with E-state index >= 15 is 0 Å². The summed E-state index contributed by atoms with van der Waals surface area (Å²) in [5, 5.41) is 0. The highest BCUT2D eigenvalue weighted by molar-refractivity contribution is 5.06. The molecular formula is C11H18N2. The fraction of sp³-hybridized carbons (Fsp3) is 0.818. The first-order valence-electron chi connectivity index (χ1n) is 5.21. The van der Waals surface area contributed by atoms with Gasteiger partial charge in [-0.25, -0.2) is 0 Å². The van der Waals surface area contributed by atoms with Crippen molar-refractivity contribution in [1.29, 1.82) is 0 Å². The van der Waals surface area contributed by atoms with Crippen LogP contribution >= 0.6 is 0 Å². The monoisotopic (exact) mass is 178 g/mol. The molecular weight excluding hydrogens is 160 g/mol. The molecule has 13 heavy (non-hydrogen) atoms. The number of terminal acetylenes is 1. The van der Waals surface area contributed by atoms with Gasteiger partial charge in [-0.1, -0.05) is 5.92 Å². The normalized spacial score (nSPS) is 41.5. The first-order valence-corrected chi connectivity index (χ1v) is 5.21. The topological polar surface area (TPSA) is 29.3 Å². The van der Waals surface area contributed by atoms with E-state index < -0.39 is 0 Å². The molecule has 2 bridgehead atoms. The Kier molecular flexibility index (Phi) is 2.31. The molecule has 2 nitrogen and oxygen atoms in total. The Morgan fingerprint density at radius 1 is 1.38 bits per heavy atom. The van der Waals surface area contributed by atoms with E-state index in [-0.39, 0.29) is 0 Å². The van der Waals surface area contributed by atoms with Crippen molar-refractivity contribution in [3.63, 3.8) is 0 Å². The molecule has 0 saturated carbocycles. The summed E-state index contributed by atoms with van der Waals surface area (Å²) in [6.45, 7) is 2.13. The van der Waals surface area contributed by atoms with Crippen LogP contribution in [0.1, 0.15) is 32.6 Å². The highest BCUT2D eigenvalue weighted by atomic mass is 15.2. The van der Waals surface area contributed by atoms with E-state index in [4.69, 9.17) is 12.2 Å². The fourth-order valence-electron chi connectivity index (χ4n) is 2.97. The molecule has 0 aromatic rings. The Hall–Kier alpha value is -0.520. The van der Waals surface area contributed by atoms with E-state index in [1.807, 2.05) is 0 Å². The third-order valence-electron chi connectivity index (χ3n) is 3.51. The second-order valence-electron chi connectivity index (χ2n) is 4.41. The minimum absolute atomic E-state index is 0.296. The van der Waals surface area contributed by atoms with Crippen LogP contribution in [0.4, 0.5) is 0 Å². The molecule has 3 unspecified atom stereocenters. The van der Waals surface area contributed by atoms with Crippen molar-refractivity contribution >= 4 is 0 Å². The van der Waals surface area contributed by atoms with Crippen LogP contribution in [-0.4, -0.2) is 29.1 Å². The number of nitrogens with zero attached hydrogens (tertiary/aromatic N) is 1. The van der Waals surface area contributed by atoms with Gasteiger partial charge in [0.1, 0.15) is 0 Å². The molecule has 2 fully saturated rings. The number of fused-ring (bicyclic) bond motifs is 2. The largest absolute Gasteiger partial charge is 0.328 e. The van der Waals surface area contributed by atoms with Gasteiger partial charge in [-0.2, -0.15) is 0 Å². The van der Waals surface area contributed by atoms with Crippen molar-refractivity contribution in [1.82, 2.24) is 4.90 Å². The van der Waals surface area contributed by atoms with Crippen LogP contribution in [0, 0.1) is 12.3 Å². The summed E-state index contributed by atoms with van der Waals surface area (Å²) in [6.07, 6.45) is 10.3. The predicted molar refractivity (Wildman–Crippen MR) is 54.2 cm³/mol. The smallest absolute Gasteiger partial charge is 0.0688 e. The van der Waals surface area contributed by atoms with Gasteiger partial charge in [-0.3, -0.25) is 4.90 Å². The Labute approximate surface area is 80.5 Å². The molecule has 2 heterocycles. The van der Waals surface area contributed by atoms with Gasteiger partial charge in [0, 0.05) is 18.1 Å². The van der Waals surface area contributed by atoms with Gasteiger partial charge < -0.3 is 5.73 Å². The van der Waals surface area contributed by atoms with Gasteiger partial charge in [0.15, 0.2) is 0 Å². The molecule has 3 atom stereocenters. The standard InChI is InChI=1S/C11H18N2/c1-3-8(2)13-10-4-5-11(13)7-9(12)6-10/h1,8-11H,4-7,12H2,2H3. The number of hydrogen-bond acceptors (Lipinski definition) is 2. The van der Waals surface area contributed by atoms with Crippen LogP contribution in [0.5, 0.6) is 0 Å². The molecule has 0 aromatic carbocycles. The van der Waals surface area contributed by atoms with Crippen LogP contribution in [0.15, 0.2) is 0 Å². The first-order chi connectivity index (χ1) is 6.22. The Bertz CT molecular complexity index is 217. The number of rotatable bonds is 1. The summed E-state index contributed by atoms with van der Waals surface area (Å²) < 4.78 is 0. The van der Waals surface area contributed by atoms with Gasteiger partial charge >= 0.3 is 0 Å². The molecule has 2 heteroatoms. The van der Waals surface area contributed by atoms with Crippen molar-refractivity contribution in [2.45, 2.75) is 56.8 Å². The van der Waals surface area contributed by atoms with E-state index in [1.54, 1.807) is 0 Å². The predicted octanol–water partition coefficient (Wildman–Crippen LogP) is 0.962. The maximum Gasteiger partial charge on any atom is 0.0688 e. The molecule has 2 aliphatic rings. The van der Waals surface area contributed by atoms with Gasteiger partial charge in [-0.15, -0.1) is 6.42 Å². The molecule has 0 radical (unpaired) electrons. The van der Waals surface area contributed by atoms with E-state index in [2.05, 4.69) is 17.7 Å². The minimum atomic E-state index is 0.296. The summed E-state index contributed by atoms with van der Waals surface area (Å²) in [5.74, 6) is 2.84. The van der Waals surface area contributed by atoms with Gasteiger partial charge in [-0.05, 0) is 32.6 Å². The lowest BCUT2D eigenvalue weighted by Crippen LogP contribution is -2.50. The summed E-state index contributed by atoms with van der Waals surface area (Å²) in [5.41, 5.74) is 5.98. The van der Waals surface area contributed by atoms with E-state index in [0.717, 1.165) is 12.8 Å². The molecule has 0 amide bonds. The number of nitrogens with two attached hydrogens (primary N) is 1. The lowest BCUT2D eigenvalue weighted by Gasteiger charge is -2.39. The third kappa shape index (κ3) is 1.47. The molecule has 0 spiro atoms. The van der Waals surface area contributed by atoms with E-state index in [0.29, 0.717) is 24.2 Å². The average Bonchev–Trinajstić information content (AvgIpc) is 2.37. The maximum atomic E-state index is 5.98. The average molecular weight is 178 g/mol. The van der Waals surface area contributed by atoms with Crippen LogP contribution in [0.2, 0.25) is 0 Å². The van der Waals surface area contributed by atoms with E-state index in [1.165, 1.54) is 12.8 Å². The molecule has 2 saturated heterocycles. The fourth-order valence-corrected chi connectivity index (χ4v) is 2.97. The maximum absolute atomic E-state index is 5.98. The Morgan fingerprint density at radius 3 is 2.38 bits per heavy atom. The van der Waals surface area contributed by atoms with Crippen molar-refractivity contribution in [3.05, 3.63) is 0 Å². The number of piperidine rings is 1. The second-order valence-corrected chi connectivity index (χ2v) is 4.41. The summed E-state index contributed by atoms with van der Waals surface area (Å²) in [7, 11) is 0. The van der Waals surface area contributed by atoms with Crippen molar-refractivity contribution < 1.29 is 0 Å². The van der Waals surface area contributed by atoms with Crippen molar-refractivity contribution in [2.24, 2.45) is 5.73 Å². The van der Waals surface area contributed by atoms with Crippen molar-refractivity contribution in [3.8, 4) is 12.3 Å². The lowest BCUT2D eigenvalue weighted by atomic mass is 9.96. The first kappa shape index (κ1) is 9.05. The Morgan fingerprint density at radius 2 is 1.92 bits per heavy atom. The van der Waals surface area contributed by atoms with Crippen molar-refractivity contribution in [2.75, 3.05) is 0 Å². The molecule has 2 rings (SSSR count). The zero-order chi connectivity index (χ0) is 9.42. The quantitative estimate of drug-likeness (QED) is 0.606. The summed E-state index contributed by atoms with van der Waals surface area (Å²) >= 11 is 0. The second kappa shape index (κ2) is 3.32. The molecule has 72 valence electrons. The zero-order valence-electron chi connectivity index (χ0n) is 8.24. The summed E-state index contributed by atoms with van der Waals surface area (Å²) in [6, 6.07) is 2.04. The van der Waals surface area contributed by atoms with Gasteiger partial charge in [0.2, 0.25) is 0 Å².